The first-order valence-corrected chi connectivity index (χ1v) is 7.61. The molecule has 0 saturated heterocycles. The number of benzene rings is 1. The van der Waals surface area contributed by atoms with E-state index in [4.69, 9.17) is 9.47 Å². The van der Waals surface area contributed by atoms with Gasteiger partial charge in [-0.2, -0.15) is 0 Å². The van der Waals surface area contributed by atoms with Crippen LogP contribution in [-0.4, -0.2) is 58.3 Å². The lowest BCUT2D eigenvalue weighted by molar-refractivity contribution is 0.311. The van der Waals surface area contributed by atoms with Crippen LogP contribution < -0.4 is 20.1 Å². The highest BCUT2D eigenvalue weighted by Gasteiger charge is 2.07. The number of halogens is 1. The molecule has 0 aromatic heterocycles. The second kappa shape index (κ2) is 12.2. The highest BCUT2D eigenvalue weighted by molar-refractivity contribution is 14.0. The molecule has 0 spiro atoms. The third-order valence-electron chi connectivity index (χ3n) is 3.28. The van der Waals surface area contributed by atoms with Gasteiger partial charge in [-0.1, -0.05) is 6.92 Å². The molecule has 0 saturated carbocycles. The van der Waals surface area contributed by atoms with Crippen molar-refractivity contribution in [2.45, 2.75) is 13.8 Å². The summed E-state index contributed by atoms with van der Waals surface area (Å²) in [4.78, 5) is 6.47. The first-order chi connectivity index (χ1) is 10.6. The van der Waals surface area contributed by atoms with Crippen molar-refractivity contribution in [3.05, 3.63) is 18.2 Å². The Kier molecular flexibility index (Phi) is 11.6. The summed E-state index contributed by atoms with van der Waals surface area (Å²) in [5.41, 5.74) is 0.904. The molecule has 0 aliphatic rings. The summed E-state index contributed by atoms with van der Waals surface area (Å²) in [7, 11) is 5.48. The predicted molar refractivity (Wildman–Crippen MR) is 108 cm³/mol. The van der Waals surface area contributed by atoms with Crippen LogP contribution in [-0.2, 0) is 0 Å². The molecule has 0 fully saturated rings. The van der Waals surface area contributed by atoms with Crippen molar-refractivity contribution in [1.29, 1.82) is 0 Å². The van der Waals surface area contributed by atoms with Crippen molar-refractivity contribution in [2.75, 3.05) is 52.8 Å². The van der Waals surface area contributed by atoms with Gasteiger partial charge in [-0.05, 0) is 32.6 Å². The van der Waals surface area contributed by atoms with Gasteiger partial charge in [0.2, 0.25) is 0 Å². The average Bonchev–Trinajstić information content (AvgIpc) is 2.54. The highest BCUT2D eigenvalue weighted by atomic mass is 127. The zero-order valence-corrected chi connectivity index (χ0v) is 17.0. The summed E-state index contributed by atoms with van der Waals surface area (Å²) < 4.78 is 10.9. The van der Waals surface area contributed by atoms with E-state index in [0.29, 0.717) is 6.61 Å². The molecule has 23 heavy (non-hydrogen) atoms. The lowest BCUT2D eigenvalue weighted by Gasteiger charge is -2.17. The van der Waals surface area contributed by atoms with Crippen LogP contribution in [0.25, 0.3) is 0 Å². The largest absolute Gasteiger partial charge is 0.493 e. The van der Waals surface area contributed by atoms with E-state index in [1.165, 1.54) is 0 Å². The molecule has 1 rings (SSSR count). The first kappa shape index (κ1) is 21.8. The summed E-state index contributed by atoms with van der Waals surface area (Å²) >= 11 is 0. The van der Waals surface area contributed by atoms with E-state index in [1.54, 1.807) is 14.2 Å². The Bertz CT molecular complexity index is 483. The maximum absolute atomic E-state index is 5.58. The zero-order valence-electron chi connectivity index (χ0n) is 14.7. The molecule has 6 nitrogen and oxygen atoms in total. The van der Waals surface area contributed by atoms with E-state index in [2.05, 4.69) is 34.5 Å². The minimum atomic E-state index is 0. The quantitative estimate of drug-likeness (QED) is 0.373. The number of methoxy groups -OCH3 is 1. The predicted octanol–water partition coefficient (Wildman–Crippen LogP) is 2.65. The van der Waals surface area contributed by atoms with Crippen molar-refractivity contribution >= 4 is 35.6 Å². The van der Waals surface area contributed by atoms with E-state index in [0.717, 1.165) is 42.8 Å². The third-order valence-corrected chi connectivity index (χ3v) is 3.28. The molecule has 1 aromatic rings. The van der Waals surface area contributed by atoms with Crippen molar-refractivity contribution in [3.63, 3.8) is 0 Å². The fourth-order valence-corrected chi connectivity index (χ4v) is 1.86. The number of rotatable bonds is 8. The molecule has 132 valence electrons. The normalized spacial score (nSPS) is 11.0. The molecule has 0 heterocycles. The van der Waals surface area contributed by atoms with E-state index < -0.39 is 0 Å². The molecule has 0 aliphatic carbocycles. The Morgan fingerprint density at radius 2 is 2.00 bits per heavy atom. The van der Waals surface area contributed by atoms with Gasteiger partial charge in [-0.15, -0.1) is 24.0 Å². The van der Waals surface area contributed by atoms with Gasteiger partial charge in [-0.25, -0.2) is 0 Å². The van der Waals surface area contributed by atoms with Gasteiger partial charge >= 0.3 is 0 Å². The molecule has 0 aliphatic heterocycles. The van der Waals surface area contributed by atoms with E-state index in [9.17, 15) is 0 Å². The molecule has 0 atom stereocenters. The minimum absolute atomic E-state index is 0. The number of guanidine groups is 1. The molecule has 0 radical (unpaired) electrons. The van der Waals surface area contributed by atoms with Crippen molar-refractivity contribution in [3.8, 4) is 11.5 Å². The third kappa shape index (κ3) is 7.74. The molecular formula is C16H29IN4O2. The van der Waals surface area contributed by atoms with Crippen LogP contribution in [0.3, 0.4) is 0 Å². The van der Waals surface area contributed by atoms with Crippen LogP contribution in [0, 0.1) is 0 Å². The van der Waals surface area contributed by atoms with Crippen LogP contribution in [0.5, 0.6) is 11.5 Å². The van der Waals surface area contributed by atoms with Crippen molar-refractivity contribution in [1.82, 2.24) is 10.2 Å². The van der Waals surface area contributed by atoms with Gasteiger partial charge in [0, 0.05) is 31.9 Å². The zero-order chi connectivity index (χ0) is 16.4. The number of ether oxygens (including phenoxy) is 2. The molecule has 0 unspecified atom stereocenters. The maximum Gasteiger partial charge on any atom is 0.195 e. The number of hydrogen-bond acceptors (Lipinski definition) is 4. The van der Waals surface area contributed by atoms with Crippen LogP contribution >= 0.6 is 24.0 Å². The fourth-order valence-electron chi connectivity index (χ4n) is 1.86. The second-order valence-corrected chi connectivity index (χ2v) is 4.82. The second-order valence-electron chi connectivity index (χ2n) is 4.82. The first-order valence-electron chi connectivity index (χ1n) is 7.61. The van der Waals surface area contributed by atoms with Gasteiger partial charge in [-0.3, -0.25) is 4.99 Å². The molecule has 0 bridgehead atoms. The number of nitrogens with one attached hydrogen (secondary N) is 2. The molecule has 0 amide bonds. The van der Waals surface area contributed by atoms with Gasteiger partial charge in [0.15, 0.2) is 17.5 Å². The Balaban J connectivity index is 0.00000484. The van der Waals surface area contributed by atoms with Gasteiger partial charge in [0.25, 0.3) is 0 Å². The van der Waals surface area contributed by atoms with Gasteiger partial charge < -0.3 is 25.0 Å². The van der Waals surface area contributed by atoms with Crippen LogP contribution in [0.15, 0.2) is 23.2 Å². The SMILES string of the molecule is CCOc1cc(NC(=NC)NCCN(C)CC)ccc1OC.I. The standard InChI is InChI=1S/C16H28N4O2.HI/c1-6-20(4)11-10-18-16(17-3)19-13-8-9-14(21-5)15(12-13)22-7-2;/h8-9,12H,6-7,10-11H2,1-5H3,(H2,17,18,19);1H. The number of likely N-dealkylation sites (N-methyl/N-ethyl adjacent to an activating group) is 1. The number of nitrogens with zero attached hydrogens (tertiary/aromatic N) is 2. The van der Waals surface area contributed by atoms with E-state index >= 15 is 0 Å². The summed E-state index contributed by atoms with van der Waals surface area (Å²) in [6.07, 6.45) is 0. The van der Waals surface area contributed by atoms with Crippen molar-refractivity contribution < 1.29 is 9.47 Å². The highest BCUT2D eigenvalue weighted by Crippen LogP contribution is 2.30. The number of hydrogen-bond donors (Lipinski definition) is 2. The van der Waals surface area contributed by atoms with E-state index in [-0.39, 0.29) is 24.0 Å². The van der Waals surface area contributed by atoms with Crippen LogP contribution in [0.2, 0.25) is 0 Å². The van der Waals surface area contributed by atoms with Crippen LogP contribution in [0.4, 0.5) is 5.69 Å². The summed E-state index contributed by atoms with van der Waals surface area (Å²) in [6.45, 7) is 7.51. The topological polar surface area (TPSA) is 58.1 Å². The lowest BCUT2D eigenvalue weighted by atomic mass is 10.2. The monoisotopic (exact) mass is 436 g/mol. The molecule has 1 aromatic carbocycles. The van der Waals surface area contributed by atoms with Crippen molar-refractivity contribution in [2.24, 2.45) is 4.99 Å². The van der Waals surface area contributed by atoms with E-state index in [1.807, 2.05) is 25.1 Å². The Morgan fingerprint density at radius 1 is 1.26 bits per heavy atom. The number of anilines is 1. The summed E-state index contributed by atoms with van der Waals surface area (Å²) in [6, 6.07) is 5.73. The molecular weight excluding hydrogens is 407 g/mol. The molecule has 2 N–H and O–H groups in total. The van der Waals surface area contributed by atoms with Crippen LogP contribution in [0.1, 0.15) is 13.8 Å². The van der Waals surface area contributed by atoms with Gasteiger partial charge in [0.05, 0.1) is 13.7 Å². The lowest BCUT2D eigenvalue weighted by Crippen LogP contribution is -2.36. The summed E-state index contributed by atoms with van der Waals surface area (Å²) in [5, 5.41) is 6.54. The Hall–Kier alpha value is -1.22. The Morgan fingerprint density at radius 3 is 2.57 bits per heavy atom. The maximum atomic E-state index is 5.58. The summed E-state index contributed by atoms with van der Waals surface area (Å²) in [5.74, 6) is 2.17. The number of aliphatic imine (C=N–C) groups is 1. The Labute approximate surface area is 156 Å². The minimum Gasteiger partial charge on any atom is -0.493 e. The fraction of sp³-hybridized carbons (Fsp3) is 0.562. The smallest absolute Gasteiger partial charge is 0.195 e. The average molecular weight is 436 g/mol. The van der Waals surface area contributed by atoms with Gasteiger partial charge in [0.1, 0.15) is 0 Å². The molecule has 7 heteroatoms.